The Hall–Kier alpha value is -1.20. The van der Waals surface area contributed by atoms with Gasteiger partial charge in [-0.05, 0) is 18.8 Å². The van der Waals surface area contributed by atoms with E-state index >= 15 is 0 Å². The molecule has 2 rings (SSSR count). The summed E-state index contributed by atoms with van der Waals surface area (Å²) >= 11 is 0. The van der Waals surface area contributed by atoms with Crippen LogP contribution in [0.25, 0.3) is 0 Å². The van der Waals surface area contributed by atoms with Crippen molar-refractivity contribution in [1.82, 2.24) is 9.97 Å². The molecule has 1 fully saturated rings. The molecule has 1 saturated heterocycles. The Labute approximate surface area is 102 Å². The molecule has 5 nitrogen and oxygen atoms in total. The average molecular weight is 236 g/mol. The van der Waals surface area contributed by atoms with Crippen LogP contribution in [0.4, 0.5) is 5.82 Å². The first-order valence-electron chi connectivity index (χ1n) is 6.08. The summed E-state index contributed by atoms with van der Waals surface area (Å²) in [7, 11) is 1.76. The molecule has 1 unspecified atom stereocenters. The lowest BCUT2D eigenvalue weighted by molar-refractivity contribution is 0.143. The highest BCUT2D eigenvalue weighted by Gasteiger charge is 2.20. The molecule has 0 aliphatic carbocycles. The van der Waals surface area contributed by atoms with E-state index in [1.165, 1.54) is 12.8 Å². The van der Waals surface area contributed by atoms with Gasteiger partial charge < -0.3 is 15.4 Å². The summed E-state index contributed by atoms with van der Waals surface area (Å²) in [4.78, 5) is 11.0. The van der Waals surface area contributed by atoms with Gasteiger partial charge in [-0.3, -0.25) is 4.98 Å². The highest BCUT2D eigenvalue weighted by atomic mass is 16.5. The number of hydrogen-bond acceptors (Lipinski definition) is 5. The van der Waals surface area contributed by atoms with Gasteiger partial charge >= 0.3 is 0 Å². The predicted octanol–water partition coefficient (Wildman–Crippen LogP) is 0.798. The van der Waals surface area contributed by atoms with E-state index < -0.39 is 0 Å². The van der Waals surface area contributed by atoms with E-state index in [2.05, 4.69) is 14.9 Å². The fraction of sp³-hybridized carbons (Fsp3) is 0.667. The van der Waals surface area contributed by atoms with Crippen molar-refractivity contribution in [3.05, 3.63) is 18.1 Å². The zero-order valence-corrected chi connectivity index (χ0v) is 10.3. The van der Waals surface area contributed by atoms with Crippen LogP contribution >= 0.6 is 0 Å². The van der Waals surface area contributed by atoms with Crippen LogP contribution < -0.4 is 10.6 Å². The molecule has 0 amide bonds. The molecule has 5 heteroatoms. The number of aromatic nitrogens is 2. The first-order chi connectivity index (χ1) is 8.33. The van der Waals surface area contributed by atoms with E-state index in [4.69, 9.17) is 10.5 Å². The van der Waals surface area contributed by atoms with Gasteiger partial charge in [0.25, 0.3) is 0 Å². The van der Waals surface area contributed by atoms with Crippen LogP contribution in [0.15, 0.2) is 12.4 Å². The van der Waals surface area contributed by atoms with Crippen LogP contribution in [0, 0.1) is 5.92 Å². The van der Waals surface area contributed by atoms with Gasteiger partial charge in [-0.1, -0.05) is 0 Å². The topological polar surface area (TPSA) is 64.3 Å². The molecule has 1 aliphatic heterocycles. The summed E-state index contributed by atoms with van der Waals surface area (Å²) in [5.74, 6) is 1.55. The van der Waals surface area contributed by atoms with Crippen LogP contribution in [0.5, 0.6) is 0 Å². The molecule has 2 heterocycles. The maximum atomic E-state index is 5.51. The van der Waals surface area contributed by atoms with Gasteiger partial charge in [0, 0.05) is 26.7 Å². The maximum Gasteiger partial charge on any atom is 0.147 e. The molecule has 1 atom stereocenters. The molecule has 1 aromatic heterocycles. The largest absolute Gasteiger partial charge is 0.384 e. The number of rotatable bonds is 4. The van der Waals surface area contributed by atoms with Crippen molar-refractivity contribution in [2.45, 2.75) is 19.4 Å². The lowest BCUT2D eigenvalue weighted by atomic mass is 9.99. The highest BCUT2D eigenvalue weighted by Crippen LogP contribution is 2.21. The predicted molar refractivity (Wildman–Crippen MR) is 66.7 cm³/mol. The molecule has 2 N–H and O–H groups in total. The van der Waals surface area contributed by atoms with Crippen LogP contribution in [0.3, 0.4) is 0 Å². The van der Waals surface area contributed by atoms with Gasteiger partial charge in [-0.2, -0.15) is 0 Å². The molecule has 0 aromatic carbocycles. The van der Waals surface area contributed by atoms with E-state index in [0.29, 0.717) is 12.5 Å². The number of methoxy groups -OCH3 is 1. The molecule has 94 valence electrons. The van der Waals surface area contributed by atoms with Crippen molar-refractivity contribution in [1.29, 1.82) is 0 Å². The lowest BCUT2D eigenvalue weighted by Crippen LogP contribution is -2.37. The SMILES string of the molecule is COCC1CCCN(c2cnc(CN)cn2)C1. The Morgan fingerprint density at radius 2 is 2.35 bits per heavy atom. The molecule has 0 spiro atoms. The third kappa shape index (κ3) is 3.14. The van der Waals surface area contributed by atoms with Crippen molar-refractivity contribution in [2.24, 2.45) is 11.7 Å². The minimum Gasteiger partial charge on any atom is -0.384 e. The normalized spacial score (nSPS) is 20.6. The summed E-state index contributed by atoms with van der Waals surface area (Å²) < 4.78 is 5.22. The quantitative estimate of drug-likeness (QED) is 0.837. The summed E-state index contributed by atoms with van der Waals surface area (Å²) in [5.41, 5.74) is 6.34. The number of anilines is 1. The second-order valence-corrected chi connectivity index (χ2v) is 4.48. The van der Waals surface area contributed by atoms with Crippen molar-refractivity contribution in [2.75, 3.05) is 31.7 Å². The lowest BCUT2D eigenvalue weighted by Gasteiger charge is -2.33. The van der Waals surface area contributed by atoms with Crippen LogP contribution in [-0.4, -0.2) is 36.8 Å². The van der Waals surface area contributed by atoms with Crippen molar-refractivity contribution in [3.8, 4) is 0 Å². The molecule has 0 saturated carbocycles. The first-order valence-corrected chi connectivity index (χ1v) is 6.08. The minimum absolute atomic E-state index is 0.444. The molecular formula is C12H20N4O. The maximum absolute atomic E-state index is 5.51. The number of nitrogens with zero attached hydrogens (tertiary/aromatic N) is 3. The summed E-state index contributed by atoms with van der Waals surface area (Å²) in [6, 6.07) is 0. The first kappa shape index (κ1) is 12.3. The number of ether oxygens (including phenoxy) is 1. The van der Waals surface area contributed by atoms with Crippen molar-refractivity contribution in [3.63, 3.8) is 0 Å². The van der Waals surface area contributed by atoms with E-state index in [0.717, 1.165) is 31.2 Å². The van der Waals surface area contributed by atoms with Gasteiger partial charge in [0.2, 0.25) is 0 Å². The second kappa shape index (κ2) is 5.93. The zero-order chi connectivity index (χ0) is 12.1. The highest BCUT2D eigenvalue weighted by molar-refractivity contribution is 5.36. The summed E-state index contributed by atoms with van der Waals surface area (Å²) in [6.07, 6.45) is 6.00. The minimum atomic E-state index is 0.444. The fourth-order valence-corrected chi connectivity index (χ4v) is 2.26. The Morgan fingerprint density at radius 1 is 1.47 bits per heavy atom. The number of nitrogens with two attached hydrogens (primary N) is 1. The smallest absolute Gasteiger partial charge is 0.147 e. The Balaban J connectivity index is 2.00. The third-order valence-electron chi connectivity index (χ3n) is 3.15. The van der Waals surface area contributed by atoms with Gasteiger partial charge in [0.1, 0.15) is 5.82 Å². The van der Waals surface area contributed by atoms with Crippen LogP contribution in [-0.2, 0) is 11.3 Å². The Bertz CT molecular complexity index is 339. The van der Waals surface area contributed by atoms with E-state index in [1.54, 1.807) is 13.3 Å². The monoisotopic (exact) mass is 236 g/mol. The van der Waals surface area contributed by atoms with Crippen LogP contribution in [0.2, 0.25) is 0 Å². The van der Waals surface area contributed by atoms with Crippen LogP contribution in [0.1, 0.15) is 18.5 Å². The van der Waals surface area contributed by atoms with Gasteiger partial charge in [0.05, 0.1) is 24.7 Å². The standard InChI is InChI=1S/C12H20N4O/c1-17-9-10-3-2-4-16(8-10)12-7-14-11(5-13)6-15-12/h6-7,10H,2-5,8-9,13H2,1H3. The van der Waals surface area contributed by atoms with Gasteiger partial charge in [-0.15, -0.1) is 0 Å². The number of piperidine rings is 1. The van der Waals surface area contributed by atoms with Gasteiger partial charge in [0.15, 0.2) is 0 Å². The second-order valence-electron chi connectivity index (χ2n) is 4.48. The van der Waals surface area contributed by atoms with Gasteiger partial charge in [-0.25, -0.2) is 4.98 Å². The van der Waals surface area contributed by atoms with Crippen molar-refractivity contribution >= 4 is 5.82 Å². The molecule has 17 heavy (non-hydrogen) atoms. The molecule has 1 aromatic rings. The summed E-state index contributed by atoms with van der Waals surface area (Å²) in [5, 5.41) is 0. The summed E-state index contributed by atoms with van der Waals surface area (Å²) in [6.45, 7) is 3.33. The molecule has 0 bridgehead atoms. The number of hydrogen-bond donors (Lipinski definition) is 1. The average Bonchev–Trinajstić information content (AvgIpc) is 2.40. The van der Waals surface area contributed by atoms with E-state index in [1.807, 2.05) is 6.20 Å². The van der Waals surface area contributed by atoms with E-state index in [-0.39, 0.29) is 0 Å². The molecule has 0 radical (unpaired) electrons. The fourth-order valence-electron chi connectivity index (χ4n) is 2.26. The van der Waals surface area contributed by atoms with E-state index in [9.17, 15) is 0 Å². The third-order valence-corrected chi connectivity index (χ3v) is 3.15. The molecule has 1 aliphatic rings. The molecular weight excluding hydrogens is 216 g/mol. The Kier molecular flexibility index (Phi) is 4.28. The zero-order valence-electron chi connectivity index (χ0n) is 10.3. The van der Waals surface area contributed by atoms with Crippen molar-refractivity contribution < 1.29 is 4.74 Å². The Morgan fingerprint density at radius 3 is 3.00 bits per heavy atom.